The van der Waals surface area contributed by atoms with Gasteiger partial charge in [0, 0.05) is 0 Å². The molecule has 8 nitrogen and oxygen atoms in total. The Balaban J connectivity index is 5.15. The summed E-state index contributed by atoms with van der Waals surface area (Å²) < 4.78 is 183. The molecule has 176 valence electrons. The summed E-state index contributed by atoms with van der Waals surface area (Å²) in [5.41, 5.74) is 0. The van der Waals surface area contributed by atoms with Crippen LogP contribution in [0.1, 0.15) is 0 Å². The number of aliphatic hydroxyl groups is 2. The van der Waals surface area contributed by atoms with Crippen molar-refractivity contribution in [3.8, 4) is 0 Å². The third-order valence-electron chi connectivity index (χ3n) is 1.43. The summed E-state index contributed by atoms with van der Waals surface area (Å²) in [6.07, 6.45) is -44.3. The zero-order valence-electron chi connectivity index (χ0n) is 12.1. The van der Waals surface area contributed by atoms with Crippen LogP contribution in [0.4, 0.5) is 61.5 Å². The molecular formula is C7H2F14O8. The Hall–Kier alpha value is -1.30. The van der Waals surface area contributed by atoms with Crippen molar-refractivity contribution < 1.29 is 100 Å². The van der Waals surface area contributed by atoms with Crippen molar-refractivity contribution in [3.05, 3.63) is 0 Å². The Morgan fingerprint density at radius 1 is 0.310 bits per heavy atom. The van der Waals surface area contributed by atoms with E-state index < -0.39 is 44.1 Å². The highest BCUT2D eigenvalue weighted by molar-refractivity contribution is 4.48. The van der Waals surface area contributed by atoms with Crippen molar-refractivity contribution in [1.29, 1.82) is 0 Å². The minimum Gasteiger partial charge on any atom is -0.311 e. The molecule has 0 saturated heterocycles. The van der Waals surface area contributed by atoms with Crippen molar-refractivity contribution in [3.63, 3.8) is 0 Å². The topological polar surface area (TPSA) is 95.8 Å². The second-order valence-corrected chi connectivity index (χ2v) is 3.90. The van der Waals surface area contributed by atoms with Crippen molar-refractivity contribution in [2.75, 3.05) is 0 Å². The van der Waals surface area contributed by atoms with Crippen molar-refractivity contribution >= 4 is 0 Å². The summed E-state index contributed by atoms with van der Waals surface area (Å²) >= 11 is 0. The second kappa shape index (κ2) is 8.09. The number of rotatable bonds is 12. The highest BCUT2D eigenvalue weighted by Crippen LogP contribution is 2.40. The standard InChI is InChI=1S/C7H2F14O8/c8-1(9,22)24-3(12,13)26-5(16,17)28-7(20,21)29-6(18,19)27-4(14,15)25-2(10,11)23/h22-23H. The molecule has 0 saturated carbocycles. The Labute approximate surface area is 146 Å². The fourth-order valence-electron chi connectivity index (χ4n) is 0.943. The maximum absolute atomic E-state index is 12.7. The summed E-state index contributed by atoms with van der Waals surface area (Å²) in [5.74, 6) is 0. The van der Waals surface area contributed by atoms with Gasteiger partial charge in [0.05, 0.1) is 0 Å². The first kappa shape index (κ1) is 27.7. The van der Waals surface area contributed by atoms with Gasteiger partial charge in [-0.25, -0.2) is 28.4 Å². The van der Waals surface area contributed by atoms with Crippen molar-refractivity contribution in [1.82, 2.24) is 0 Å². The molecule has 0 heterocycles. The lowest BCUT2D eigenvalue weighted by Crippen LogP contribution is -2.48. The van der Waals surface area contributed by atoms with Gasteiger partial charge in [-0.3, -0.25) is 0 Å². The van der Waals surface area contributed by atoms with Gasteiger partial charge >= 0.3 is 44.1 Å². The number of halogens is 14. The SMILES string of the molecule is OC(F)(F)OC(F)(F)OC(F)(F)OC(F)(F)OC(F)(F)OC(F)(F)OC(O)(F)F. The maximum atomic E-state index is 12.7. The van der Waals surface area contributed by atoms with Crippen LogP contribution in [0.5, 0.6) is 0 Å². The quantitative estimate of drug-likeness (QED) is 0.326. The minimum absolute atomic E-state index is 1.79. The summed E-state index contributed by atoms with van der Waals surface area (Å²) in [6, 6.07) is 0. The van der Waals surface area contributed by atoms with Crippen LogP contribution >= 0.6 is 0 Å². The van der Waals surface area contributed by atoms with E-state index in [1.54, 1.807) is 9.47 Å². The predicted octanol–water partition coefficient (Wildman–Crippen LogP) is 2.92. The molecule has 0 aliphatic heterocycles. The summed E-state index contributed by atoms with van der Waals surface area (Å²) in [7, 11) is 0. The molecule has 0 fully saturated rings. The van der Waals surface area contributed by atoms with Gasteiger partial charge < -0.3 is 10.2 Å². The lowest BCUT2D eigenvalue weighted by Gasteiger charge is -2.28. The smallest absolute Gasteiger partial charge is 0.311 e. The highest BCUT2D eigenvalue weighted by atomic mass is 19.3. The first-order valence-electron chi connectivity index (χ1n) is 5.54. The molecule has 0 aromatic rings. The monoisotopic (exact) mass is 480 g/mol. The average molecular weight is 480 g/mol. The fourth-order valence-corrected chi connectivity index (χ4v) is 0.943. The maximum Gasteiger partial charge on any atom is 0.498 e. The Kier molecular flexibility index (Phi) is 7.72. The molecule has 29 heavy (non-hydrogen) atoms. The first-order valence-corrected chi connectivity index (χ1v) is 5.54. The molecule has 0 atom stereocenters. The van der Waals surface area contributed by atoms with Crippen LogP contribution in [-0.4, -0.2) is 54.3 Å². The van der Waals surface area contributed by atoms with Gasteiger partial charge in [0.2, 0.25) is 0 Å². The van der Waals surface area contributed by atoms with Crippen molar-refractivity contribution in [2.45, 2.75) is 44.1 Å². The van der Waals surface area contributed by atoms with Gasteiger partial charge in [0.25, 0.3) is 0 Å². The molecule has 0 unspecified atom stereocenters. The molecule has 2 N–H and O–H groups in total. The van der Waals surface area contributed by atoms with E-state index in [1.807, 2.05) is 18.9 Å². The molecule has 0 bridgehead atoms. The van der Waals surface area contributed by atoms with E-state index in [0.717, 1.165) is 0 Å². The van der Waals surface area contributed by atoms with Crippen LogP contribution in [0.25, 0.3) is 0 Å². The molecule has 0 aliphatic rings. The number of hydrogen-bond donors (Lipinski definition) is 2. The van der Waals surface area contributed by atoms with E-state index in [2.05, 4.69) is 0 Å². The van der Waals surface area contributed by atoms with Crippen molar-refractivity contribution in [2.24, 2.45) is 0 Å². The van der Waals surface area contributed by atoms with E-state index in [9.17, 15) is 61.5 Å². The molecule has 0 aromatic heterocycles. The highest BCUT2D eigenvalue weighted by Gasteiger charge is 2.62. The number of hydrogen-bond acceptors (Lipinski definition) is 8. The van der Waals surface area contributed by atoms with Crippen LogP contribution < -0.4 is 0 Å². The lowest BCUT2D eigenvalue weighted by molar-refractivity contribution is -0.639. The molecule has 0 rings (SSSR count). The van der Waals surface area contributed by atoms with E-state index >= 15 is 0 Å². The summed E-state index contributed by atoms with van der Waals surface area (Å²) in [6.45, 7) is 0. The van der Waals surface area contributed by atoms with Gasteiger partial charge in [-0.05, 0) is 0 Å². The number of alkyl halides is 14. The Morgan fingerprint density at radius 2 is 0.448 bits per heavy atom. The summed E-state index contributed by atoms with van der Waals surface area (Å²) in [4.78, 5) is 0. The van der Waals surface area contributed by atoms with Crippen LogP contribution in [0.3, 0.4) is 0 Å². The minimum atomic E-state index is -6.66. The van der Waals surface area contributed by atoms with Crippen LogP contribution in [-0.2, 0) is 28.4 Å². The summed E-state index contributed by atoms with van der Waals surface area (Å²) in [5, 5.41) is 15.0. The Bertz CT molecular complexity index is 495. The molecule has 22 heteroatoms. The second-order valence-electron chi connectivity index (χ2n) is 3.90. The van der Waals surface area contributed by atoms with Gasteiger partial charge in [0.1, 0.15) is 0 Å². The zero-order chi connectivity index (χ0) is 23.7. The van der Waals surface area contributed by atoms with Gasteiger partial charge in [0.15, 0.2) is 0 Å². The van der Waals surface area contributed by atoms with Crippen LogP contribution in [0, 0.1) is 0 Å². The normalized spacial score (nSPS) is 15.7. The van der Waals surface area contributed by atoms with E-state index in [4.69, 9.17) is 10.2 Å². The average Bonchev–Trinajstić information content (AvgIpc) is 2.10. The van der Waals surface area contributed by atoms with E-state index in [0.29, 0.717) is 0 Å². The Morgan fingerprint density at radius 3 is 0.586 bits per heavy atom. The lowest BCUT2D eigenvalue weighted by atomic mass is 11.0. The fraction of sp³-hybridized carbons (Fsp3) is 1.00. The number of ether oxygens (including phenoxy) is 6. The van der Waals surface area contributed by atoms with Crippen LogP contribution in [0.2, 0.25) is 0 Å². The largest absolute Gasteiger partial charge is 0.498 e. The predicted molar refractivity (Wildman–Crippen MR) is 45.6 cm³/mol. The third-order valence-corrected chi connectivity index (χ3v) is 1.43. The molecule has 0 radical (unpaired) electrons. The molecule has 0 spiro atoms. The molecule has 0 aromatic carbocycles. The van der Waals surface area contributed by atoms with Gasteiger partial charge in [-0.15, -0.1) is 61.5 Å². The third kappa shape index (κ3) is 13.5. The molecular weight excluding hydrogens is 478 g/mol. The van der Waals surface area contributed by atoms with Crippen LogP contribution in [0.15, 0.2) is 0 Å². The van der Waals surface area contributed by atoms with Gasteiger partial charge in [-0.1, -0.05) is 0 Å². The first-order chi connectivity index (χ1) is 12.2. The zero-order valence-corrected chi connectivity index (χ0v) is 12.1. The molecule has 0 aliphatic carbocycles. The van der Waals surface area contributed by atoms with E-state index in [1.165, 1.54) is 0 Å². The van der Waals surface area contributed by atoms with E-state index in [-0.39, 0.29) is 0 Å². The van der Waals surface area contributed by atoms with Gasteiger partial charge in [-0.2, -0.15) is 0 Å². The molecule has 0 amide bonds.